The van der Waals surface area contributed by atoms with Gasteiger partial charge in [0.1, 0.15) is 5.82 Å². The number of carbonyl (C=O) groups is 1. The molecule has 4 heteroatoms. The number of halogens is 2. The summed E-state index contributed by atoms with van der Waals surface area (Å²) in [4.78, 5) is 14.6. The molecule has 0 aliphatic rings. The normalized spacial score (nSPS) is 10.3. The van der Waals surface area contributed by atoms with Crippen LogP contribution in [0.5, 0.6) is 0 Å². The molecule has 2 rings (SSSR count). The lowest BCUT2D eigenvalue weighted by Crippen LogP contribution is -2.04. The molecule has 0 saturated carbocycles. The van der Waals surface area contributed by atoms with Crippen LogP contribution < -0.4 is 0 Å². The lowest BCUT2D eigenvalue weighted by atomic mass is 10.1. The summed E-state index contributed by atoms with van der Waals surface area (Å²) in [6.45, 7) is 0. The third-order valence-electron chi connectivity index (χ3n) is 2.05. The molecule has 0 amide bonds. The van der Waals surface area contributed by atoms with Crippen molar-refractivity contribution in [1.29, 1.82) is 0 Å². The Kier molecular flexibility index (Phi) is 2.68. The number of rotatable bonds is 2. The number of hydrogen-bond acceptors (Lipinski definition) is 1. The van der Waals surface area contributed by atoms with E-state index in [-0.39, 0.29) is 11.3 Å². The zero-order valence-electron chi connectivity index (χ0n) is 7.63. The van der Waals surface area contributed by atoms with Crippen LogP contribution in [-0.2, 0) is 0 Å². The number of aromatic amines is 1. The maximum absolute atomic E-state index is 13.4. The highest BCUT2D eigenvalue weighted by atomic mass is 79.9. The molecule has 2 aromatic rings. The van der Waals surface area contributed by atoms with Crippen molar-refractivity contribution < 1.29 is 9.18 Å². The van der Waals surface area contributed by atoms with Crippen LogP contribution in [0.2, 0.25) is 0 Å². The fraction of sp³-hybridized carbons (Fsp3) is 0. The Balaban J connectivity index is 2.51. The Morgan fingerprint density at radius 1 is 1.33 bits per heavy atom. The summed E-state index contributed by atoms with van der Waals surface area (Å²) in [6, 6.07) is 6.07. The first-order valence-corrected chi connectivity index (χ1v) is 5.11. The average Bonchev–Trinajstić information content (AvgIpc) is 2.69. The molecule has 0 unspecified atom stereocenters. The van der Waals surface area contributed by atoms with Crippen LogP contribution in [-0.4, -0.2) is 10.8 Å². The SMILES string of the molecule is O=C(c1cc[nH]c1)c1c(F)cccc1Br. The second-order valence-electron chi connectivity index (χ2n) is 3.03. The lowest BCUT2D eigenvalue weighted by molar-refractivity contribution is 0.103. The molecule has 15 heavy (non-hydrogen) atoms. The molecule has 0 aliphatic heterocycles. The van der Waals surface area contributed by atoms with Crippen molar-refractivity contribution in [3.05, 3.63) is 58.1 Å². The number of aromatic nitrogens is 1. The largest absolute Gasteiger partial charge is 0.367 e. The predicted molar refractivity (Wildman–Crippen MR) is 58.3 cm³/mol. The summed E-state index contributed by atoms with van der Waals surface area (Å²) in [6.07, 6.45) is 3.17. The first kappa shape index (κ1) is 10.1. The molecule has 0 radical (unpaired) electrons. The van der Waals surface area contributed by atoms with Crippen molar-refractivity contribution in [2.24, 2.45) is 0 Å². The molecular formula is C11H7BrFNO. The number of ketones is 1. The van der Waals surface area contributed by atoms with Crippen LogP contribution in [0.15, 0.2) is 41.1 Å². The Morgan fingerprint density at radius 2 is 2.13 bits per heavy atom. The molecule has 0 spiro atoms. The average molecular weight is 268 g/mol. The van der Waals surface area contributed by atoms with Gasteiger partial charge in [-0.3, -0.25) is 4.79 Å². The first-order chi connectivity index (χ1) is 7.20. The minimum Gasteiger partial charge on any atom is -0.367 e. The Hall–Kier alpha value is -1.42. The van der Waals surface area contributed by atoms with Crippen molar-refractivity contribution in [2.45, 2.75) is 0 Å². The summed E-state index contributed by atoms with van der Waals surface area (Å²) in [5, 5.41) is 0. The van der Waals surface area contributed by atoms with Gasteiger partial charge in [0.25, 0.3) is 0 Å². The highest BCUT2D eigenvalue weighted by molar-refractivity contribution is 9.10. The van der Waals surface area contributed by atoms with E-state index in [1.165, 1.54) is 6.07 Å². The molecule has 76 valence electrons. The number of hydrogen-bond donors (Lipinski definition) is 1. The Labute approximate surface area is 94.3 Å². The standard InChI is InChI=1S/C11H7BrFNO/c12-8-2-1-3-9(13)10(8)11(15)7-4-5-14-6-7/h1-6,14H. The highest BCUT2D eigenvalue weighted by Gasteiger charge is 2.17. The fourth-order valence-electron chi connectivity index (χ4n) is 1.32. The van der Waals surface area contributed by atoms with Crippen LogP contribution >= 0.6 is 15.9 Å². The van der Waals surface area contributed by atoms with E-state index in [0.29, 0.717) is 10.0 Å². The van der Waals surface area contributed by atoms with E-state index < -0.39 is 5.82 Å². The molecular weight excluding hydrogens is 261 g/mol. The smallest absolute Gasteiger partial charge is 0.198 e. The van der Waals surface area contributed by atoms with E-state index in [1.54, 1.807) is 30.6 Å². The van der Waals surface area contributed by atoms with E-state index in [1.807, 2.05) is 0 Å². The molecule has 1 N–H and O–H groups in total. The summed E-state index contributed by atoms with van der Waals surface area (Å²) >= 11 is 3.16. The lowest BCUT2D eigenvalue weighted by Gasteiger charge is -2.02. The van der Waals surface area contributed by atoms with Gasteiger partial charge in [0, 0.05) is 22.4 Å². The van der Waals surface area contributed by atoms with Crippen molar-refractivity contribution in [3.8, 4) is 0 Å². The van der Waals surface area contributed by atoms with Crippen LogP contribution in [0.1, 0.15) is 15.9 Å². The van der Waals surface area contributed by atoms with E-state index >= 15 is 0 Å². The van der Waals surface area contributed by atoms with E-state index in [4.69, 9.17) is 0 Å². The zero-order chi connectivity index (χ0) is 10.8. The Morgan fingerprint density at radius 3 is 2.73 bits per heavy atom. The van der Waals surface area contributed by atoms with Gasteiger partial charge in [0.15, 0.2) is 5.78 Å². The first-order valence-electron chi connectivity index (χ1n) is 4.31. The van der Waals surface area contributed by atoms with Gasteiger partial charge in [-0.1, -0.05) is 6.07 Å². The minimum absolute atomic E-state index is 0.0668. The molecule has 1 aromatic carbocycles. The summed E-state index contributed by atoms with van der Waals surface area (Å²) < 4.78 is 13.9. The van der Waals surface area contributed by atoms with Crippen LogP contribution in [0, 0.1) is 5.82 Å². The molecule has 0 aliphatic carbocycles. The number of benzene rings is 1. The van der Waals surface area contributed by atoms with Gasteiger partial charge in [0.05, 0.1) is 5.56 Å². The van der Waals surface area contributed by atoms with E-state index in [0.717, 1.165) is 0 Å². The monoisotopic (exact) mass is 267 g/mol. The molecule has 0 saturated heterocycles. The van der Waals surface area contributed by atoms with Crippen molar-refractivity contribution >= 4 is 21.7 Å². The van der Waals surface area contributed by atoms with Crippen LogP contribution in [0.4, 0.5) is 4.39 Å². The third-order valence-corrected chi connectivity index (χ3v) is 2.71. The van der Waals surface area contributed by atoms with Gasteiger partial charge in [-0.15, -0.1) is 0 Å². The molecule has 2 nitrogen and oxygen atoms in total. The van der Waals surface area contributed by atoms with Gasteiger partial charge < -0.3 is 4.98 Å². The van der Waals surface area contributed by atoms with Crippen molar-refractivity contribution in [2.75, 3.05) is 0 Å². The van der Waals surface area contributed by atoms with Gasteiger partial charge in [0.2, 0.25) is 0 Å². The van der Waals surface area contributed by atoms with E-state index in [9.17, 15) is 9.18 Å². The second kappa shape index (κ2) is 3.98. The minimum atomic E-state index is -0.518. The summed E-state index contributed by atoms with van der Waals surface area (Å²) in [5.41, 5.74) is 0.512. The summed E-state index contributed by atoms with van der Waals surface area (Å²) in [7, 11) is 0. The van der Waals surface area contributed by atoms with Crippen LogP contribution in [0.25, 0.3) is 0 Å². The van der Waals surface area contributed by atoms with E-state index in [2.05, 4.69) is 20.9 Å². The fourth-order valence-corrected chi connectivity index (χ4v) is 1.85. The van der Waals surface area contributed by atoms with Crippen molar-refractivity contribution in [1.82, 2.24) is 4.98 Å². The Bertz CT molecular complexity index is 473. The van der Waals surface area contributed by atoms with Crippen molar-refractivity contribution in [3.63, 3.8) is 0 Å². The van der Waals surface area contributed by atoms with Gasteiger partial charge in [-0.25, -0.2) is 4.39 Å². The number of carbonyl (C=O) groups excluding carboxylic acids is 1. The topological polar surface area (TPSA) is 32.9 Å². The number of nitrogens with one attached hydrogen (secondary N) is 1. The molecule has 1 aromatic heterocycles. The number of H-pyrrole nitrogens is 1. The molecule has 0 fully saturated rings. The second-order valence-corrected chi connectivity index (χ2v) is 3.88. The molecule has 0 bridgehead atoms. The zero-order valence-corrected chi connectivity index (χ0v) is 9.21. The molecule has 1 heterocycles. The molecule has 0 atom stereocenters. The van der Waals surface area contributed by atoms with Crippen LogP contribution in [0.3, 0.4) is 0 Å². The summed E-state index contributed by atoms with van der Waals surface area (Å²) in [5.74, 6) is -0.850. The quantitative estimate of drug-likeness (QED) is 0.834. The maximum atomic E-state index is 13.4. The predicted octanol–water partition coefficient (Wildman–Crippen LogP) is 3.15. The highest BCUT2D eigenvalue weighted by Crippen LogP contribution is 2.22. The van der Waals surface area contributed by atoms with Gasteiger partial charge in [-0.2, -0.15) is 0 Å². The third kappa shape index (κ3) is 1.85. The van der Waals surface area contributed by atoms with Gasteiger partial charge >= 0.3 is 0 Å². The maximum Gasteiger partial charge on any atom is 0.198 e. The van der Waals surface area contributed by atoms with Gasteiger partial charge in [-0.05, 0) is 34.1 Å².